The number of carbonyl (C=O) groups is 1. The molecule has 1 saturated carbocycles. The molecule has 0 atom stereocenters. The average molecular weight is 471 g/mol. The lowest BCUT2D eigenvalue weighted by atomic mass is 9.75. The zero-order valence-electron chi connectivity index (χ0n) is 16.1. The van der Waals surface area contributed by atoms with Crippen LogP contribution in [-0.4, -0.2) is 26.0 Å². The van der Waals surface area contributed by atoms with Gasteiger partial charge in [-0.2, -0.15) is 0 Å². The molecule has 4 rings (SSSR count). The van der Waals surface area contributed by atoms with Crippen molar-refractivity contribution in [3.8, 4) is 11.1 Å². The van der Waals surface area contributed by atoms with Crippen molar-refractivity contribution in [3.05, 3.63) is 71.0 Å². The van der Waals surface area contributed by atoms with Crippen molar-refractivity contribution in [2.45, 2.75) is 31.3 Å². The summed E-state index contributed by atoms with van der Waals surface area (Å²) >= 11 is 3.44. The Hall–Kier alpha value is -2.71. The number of hydrogen-bond acceptors (Lipinski definition) is 5. The van der Waals surface area contributed by atoms with Gasteiger partial charge in [0.1, 0.15) is 5.82 Å². The number of nitrogens with zero attached hydrogens (tertiary/aromatic N) is 3. The highest BCUT2D eigenvalue weighted by Gasteiger charge is 2.38. The van der Waals surface area contributed by atoms with Gasteiger partial charge in [-0.15, -0.1) is 0 Å². The van der Waals surface area contributed by atoms with Crippen molar-refractivity contribution >= 4 is 27.8 Å². The van der Waals surface area contributed by atoms with E-state index in [-0.39, 0.29) is 23.6 Å². The van der Waals surface area contributed by atoms with Gasteiger partial charge in [0.05, 0.1) is 5.60 Å². The van der Waals surface area contributed by atoms with Crippen molar-refractivity contribution in [3.63, 3.8) is 0 Å². The number of anilines is 1. The second-order valence-electron chi connectivity index (χ2n) is 7.43. The second kappa shape index (κ2) is 8.57. The van der Waals surface area contributed by atoms with Crippen LogP contribution in [0.3, 0.4) is 0 Å². The van der Waals surface area contributed by atoms with Gasteiger partial charge in [0.15, 0.2) is 0 Å². The Kier molecular flexibility index (Phi) is 5.87. The van der Waals surface area contributed by atoms with Gasteiger partial charge in [0.25, 0.3) is 0 Å². The Morgan fingerprint density at radius 2 is 1.83 bits per heavy atom. The summed E-state index contributed by atoms with van der Waals surface area (Å²) in [6.45, 7) is 0. The maximum Gasteiger partial charge on any atom is 0.229 e. The first-order chi connectivity index (χ1) is 14.5. The molecule has 0 bridgehead atoms. The van der Waals surface area contributed by atoms with E-state index in [4.69, 9.17) is 0 Å². The Morgan fingerprint density at radius 1 is 1.13 bits per heavy atom. The highest BCUT2D eigenvalue weighted by molar-refractivity contribution is 9.10. The summed E-state index contributed by atoms with van der Waals surface area (Å²) in [6.07, 6.45) is 8.33. The summed E-state index contributed by atoms with van der Waals surface area (Å²) < 4.78 is 14.6. The molecule has 1 amide bonds. The van der Waals surface area contributed by atoms with Crippen molar-refractivity contribution in [2.24, 2.45) is 5.92 Å². The predicted molar refractivity (Wildman–Crippen MR) is 114 cm³/mol. The third-order valence-electron chi connectivity index (χ3n) is 5.53. The van der Waals surface area contributed by atoms with Gasteiger partial charge >= 0.3 is 0 Å². The number of nitrogens with one attached hydrogen (secondary N) is 1. The molecular weight excluding hydrogens is 451 g/mol. The third kappa shape index (κ3) is 4.24. The predicted octanol–water partition coefficient (Wildman–Crippen LogP) is 4.46. The quantitative estimate of drug-likeness (QED) is 0.587. The Morgan fingerprint density at radius 3 is 2.50 bits per heavy atom. The van der Waals surface area contributed by atoms with Gasteiger partial charge in [0.2, 0.25) is 11.9 Å². The summed E-state index contributed by atoms with van der Waals surface area (Å²) in [7, 11) is 0. The molecule has 0 aliphatic heterocycles. The van der Waals surface area contributed by atoms with Crippen LogP contribution >= 0.6 is 15.9 Å². The smallest absolute Gasteiger partial charge is 0.229 e. The monoisotopic (exact) mass is 470 g/mol. The number of carbonyl (C=O) groups excluding carboxylic acids is 1. The lowest BCUT2D eigenvalue weighted by Gasteiger charge is -2.36. The summed E-state index contributed by atoms with van der Waals surface area (Å²) in [5.41, 5.74) is 0.764. The van der Waals surface area contributed by atoms with Crippen LogP contribution < -0.4 is 5.32 Å². The van der Waals surface area contributed by atoms with Crippen LogP contribution in [0.5, 0.6) is 0 Å². The topological polar surface area (TPSA) is 88.0 Å². The molecule has 3 aromatic rings. The summed E-state index contributed by atoms with van der Waals surface area (Å²) in [5, 5.41) is 13.8. The Balaban J connectivity index is 1.38. The number of hydrogen-bond donors (Lipinski definition) is 2. The van der Waals surface area contributed by atoms with Crippen LogP contribution in [0.4, 0.5) is 10.3 Å². The fraction of sp³-hybridized carbons (Fsp3) is 0.273. The minimum absolute atomic E-state index is 0.176. The number of aromatic nitrogens is 3. The highest BCUT2D eigenvalue weighted by Crippen LogP contribution is 2.42. The second-order valence-corrected chi connectivity index (χ2v) is 8.28. The van der Waals surface area contributed by atoms with E-state index in [2.05, 4.69) is 36.2 Å². The zero-order valence-corrected chi connectivity index (χ0v) is 17.6. The molecule has 0 unspecified atom stereocenters. The number of aliphatic hydroxyl groups is 1. The number of rotatable bonds is 4. The first-order valence-corrected chi connectivity index (χ1v) is 10.5. The van der Waals surface area contributed by atoms with Gasteiger partial charge < -0.3 is 5.11 Å². The van der Waals surface area contributed by atoms with E-state index in [9.17, 15) is 14.3 Å². The molecule has 1 aliphatic carbocycles. The maximum atomic E-state index is 13.9. The first kappa shape index (κ1) is 20.6. The number of halogens is 2. The van der Waals surface area contributed by atoms with Gasteiger partial charge in [0, 0.05) is 51.9 Å². The molecule has 0 saturated heterocycles. The number of pyridine rings is 1. The zero-order chi connectivity index (χ0) is 21.1. The van der Waals surface area contributed by atoms with E-state index in [0.29, 0.717) is 36.8 Å². The fourth-order valence-electron chi connectivity index (χ4n) is 3.82. The molecular formula is C22H20BrFN4O2. The third-order valence-corrected chi connectivity index (χ3v) is 6.16. The Bertz CT molecular complexity index is 1050. The minimum Gasteiger partial charge on any atom is -0.385 e. The standard InChI is InChI=1S/C22H20BrFN4O2/c23-18-13-25-10-7-17(18)22(30)8-5-14(6-9-22)20(29)28-21-26-11-15(12-27-21)16-3-1-2-4-19(16)24/h1-4,7,10-14,30H,5-6,8-9H2,(H,26,27,28,29)/t14-,22+. The van der Waals surface area contributed by atoms with Crippen molar-refractivity contribution in [2.75, 3.05) is 5.32 Å². The van der Waals surface area contributed by atoms with Gasteiger partial charge in [-0.3, -0.25) is 15.1 Å². The molecule has 0 radical (unpaired) electrons. The van der Waals surface area contributed by atoms with Crippen molar-refractivity contribution in [1.29, 1.82) is 0 Å². The fourth-order valence-corrected chi connectivity index (χ4v) is 4.44. The normalized spacial score (nSPS) is 21.2. The van der Waals surface area contributed by atoms with Crippen molar-refractivity contribution in [1.82, 2.24) is 15.0 Å². The van der Waals surface area contributed by atoms with E-state index in [1.54, 1.807) is 36.7 Å². The van der Waals surface area contributed by atoms with Crippen LogP contribution in [0.25, 0.3) is 11.1 Å². The molecule has 6 nitrogen and oxygen atoms in total. The van der Waals surface area contributed by atoms with Crippen LogP contribution in [0, 0.1) is 11.7 Å². The number of amides is 1. The molecule has 2 heterocycles. The maximum absolute atomic E-state index is 13.9. The Labute approximate surface area is 181 Å². The largest absolute Gasteiger partial charge is 0.385 e. The molecule has 0 spiro atoms. The molecule has 1 aromatic carbocycles. The molecule has 8 heteroatoms. The summed E-state index contributed by atoms with van der Waals surface area (Å²) in [5.74, 6) is -0.587. The molecule has 1 fully saturated rings. The lowest BCUT2D eigenvalue weighted by molar-refractivity contribution is -0.123. The lowest BCUT2D eigenvalue weighted by Crippen LogP contribution is -2.36. The minimum atomic E-state index is -0.976. The van der Waals surface area contributed by atoms with Crippen LogP contribution in [0.2, 0.25) is 0 Å². The molecule has 154 valence electrons. The SMILES string of the molecule is O=C(Nc1ncc(-c2ccccc2F)cn1)[C@H]1CC[C@](O)(c2ccncc2Br)CC1. The van der Waals surface area contributed by atoms with E-state index in [1.165, 1.54) is 18.5 Å². The molecule has 2 aromatic heterocycles. The van der Waals surface area contributed by atoms with Gasteiger partial charge in [-0.05, 0) is 53.7 Å². The van der Waals surface area contributed by atoms with Crippen LogP contribution in [-0.2, 0) is 10.4 Å². The average Bonchev–Trinajstić information content (AvgIpc) is 2.75. The summed E-state index contributed by atoms with van der Waals surface area (Å²) in [6, 6.07) is 8.18. The van der Waals surface area contributed by atoms with E-state index < -0.39 is 5.60 Å². The molecule has 1 aliphatic rings. The number of benzene rings is 1. The van der Waals surface area contributed by atoms with E-state index in [1.807, 2.05) is 0 Å². The molecule has 30 heavy (non-hydrogen) atoms. The van der Waals surface area contributed by atoms with E-state index >= 15 is 0 Å². The van der Waals surface area contributed by atoms with E-state index in [0.717, 1.165) is 10.0 Å². The van der Waals surface area contributed by atoms with Crippen molar-refractivity contribution < 1.29 is 14.3 Å². The van der Waals surface area contributed by atoms with Crippen LogP contribution in [0.1, 0.15) is 31.2 Å². The van der Waals surface area contributed by atoms with Gasteiger partial charge in [-0.25, -0.2) is 14.4 Å². The summed E-state index contributed by atoms with van der Waals surface area (Å²) in [4.78, 5) is 25.0. The van der Waals surface area contributed by atoms with Crippen LogP contribution in [0.15, 0.2) is 59.6 Å². The first-order valence-electron chi connectivity index (χ1n) is 9.66. The molecule has 2 N–H and O–H groups in total. The van der Waals surface area contributed by atoms with Gasteiger partial charge in [-0.1, -0.05) is 18.2 Å². The highest BCUT2D eigenvalue weighted by atomic mass is 79.9.